The molecule has 1 amide bonds. The summed E-state index contributed by atoms with van der Waals surface area (Å²) in [6.07, 6.45) is 0.292. The Labute approximate surface area is 113 Å². The first kappa shape index (κ1) is 14.8. The third kappa shape index (κ3) is 3.38. The number of hydrogen-bond donors (Lipinski definition) is 0. The first-order valence-corrected chi connectivity index (χ1v) is 5.91. The van der Waals surface area contributed by atoms with Gasteiger partial charge >= 0.3 is 0 Å². The molecule has 5 nitrogen and oxygen atoms in total. The minimum absolute atomic E-state index is 0.149. The highest BCUT2D eigenvalue weighted by Crippen LogP contribution is 2.26. The fourth-order valence-corrected chi connectivity index (χ4v) is 1.63. The quantitative estimate of drug-likeness (QED) is 0.815. The second-order valence-electron chi connectivity index (χ2n) is 4.19. The van der Waals surface area contributed by atoms with E-state index in [0.29, 0.717) is 23.5 Å². The Morgan fingerprint density at radius 1 is 1.42 bits per heavy atom. The van der Waals surface area contributed by atoms with Crippen molar-refractivity contribution in [1.82, 2.24) is 4.90 Å². The SMILES string of the molecule is COc1ccc(C(=O)N(C)C(C)CC#N)c(OC)c1. The fraction of sp³-hybridized carbons (Fsp3) is 0.429. The second kappa shape index (κ2) is 6.64. The number of hydrogen-bond acceptors (Lipinski definition) is 4. The van der Waals surface area contributed by atoms with Gasteiger partial charge in [-0.1, -0.05) is 0 Å². The van der Waals surface area contributed by atoms with Gasteiger partial charge in [0.25, 0.3) is 5.91 Å². The first-order valence-electron chi connectivity index (χ1n) is 5.91. The van der Waals surface area contributed by atoms with Gasteiger partial charge in [0.2, 0.25) is 0 Å². The van der Waals surface area contributed by atoms with E-state index in [1.165, 1.54) is 12.0 Å². The molecule has 0 radical (unpaired) electrons. The third-order valence-corrected chi connectivity index (χ3v) is 3.01. The van der Waals surface area contributed by atoms with Crippen LogP contribution in [-0.2, 0) is 0 Å². The Balaban J connectivity index is 3.02. The van der Waals surface area contributed by atoms with Gasteiger partial charge in [-0.3, -0.25) is 4.79 Å². The van der Waals surface area contributed by atoms with Crippen LogP contribution in [0.25, 0.3) is 0 Å². The molecule has 5 heteroatoms. The van der Waals surface area contributed by atoms with Crippen molar-refractivity contribution in [3.8, 4) is 17.6 Å². The highest BCUT2D eigenvalue weighted by molar-refractivity contribution is 5.97. The smallest absolute Gasteiger partial charge is 0.257 e. The molecule has 0 aromatic heterocycles. The molecule has 1 unspecified atom stereocenters. The molecular weight excluding hydrogens is 244 g/mol. The predicted octanol–water partition coefficient (Wildman–Crippen LogP) is 2.08. The molecule has 0 saturated heterocycles. The molecule has 0 aliphatic carbocycles. The summed E-state index contributed by atoms with van der Waals surface area (Å²) in [6, 6.07) is 6.94. The number of carbonyl (C=O) groups excluding carboxylic acids is 1. The zero-order valence-corrected chi connectivity index (χ0v) is 11.6. The molecule has 0 fully saturated rings. The van der Waals surface area contributed by atoms with Crippen LogP contribution in [0.2, 0.25) is 0 Å². The summed E-state index contributed by atoms with van der Waals surface area (Å²) in [5, 5.41) is 8.68. The van der Waals surface area contributed by atoms with Crippen LogP contribution in [0, 0.1) is 11.3 Å². The van der Waals surface area contributed by atoms with Crippen molar-refractivity contribution >= 4 is 5.91 Å². The summed E-state index contributed by atoms with van der Waals surface area (Å²) in [5.41, 5.74) is 0.454. The Morgan fingerprint density at radius 3 is 2.63 bits per heavy atom. The molecule has 1 rings (SSSR count). The van der Waals surface area contributed by atoms with Crippen molar-refractivity contribution in [2.75, 3.05) is 21.3 Å². The molecule has 1 atom stereocenters. The predicted molar refractivity (Wildman–Crippen MR) is 71.3 cm³/mol. The number of ether oxygens (including phenoxy) is 2. The second-order valence-corrected chi connectivity index (χ2v) is 4.19. The van der Waals surface area contributed by atoms with E-state index in [4.69, 9.17) is 14.7 Å². The Hall–Kier alpha value is -2.22. The van der Waals surface area contributed by atoms with E-state index in [2.05, 4.69) is 6.07 Å². The van der Waals surface area contributed by atoms with E-state index in [9.17, 15) is 4.79 Å². The molecule has 0 bridgehead atoms. The van der Waals surface area contributed by atoms with E-state index in [1.54, 1.807) is 32.4 Å². The number of nitriles is 1. The number of benzene rings is 1. The van der Waals surface area contributed by atoms with E-state index in [-0.39, 0.29) is 11.9 Å². The molecule has 1 aromatic rings. The van der Waals surface area contributed by atoms with Crippen LogP contribution >= 0.6 is 0 Å². The zero-order valence-electron chi connectivity index (χ0n) is 11.6. The van der Waals surface area contributed by atoms with Crippen LogP contribution in [0.3, 0.4) is 0 Å². The molecule has 19 heavy (non-hydrogen) atoms. The summed E-state index contributed by atoms with van der Waals surface area (Å²) < 4.78 is 10.3. The molecule has 0 aliphatic rings. The van der Waals surface area contributed by atoms with Gasteiger partial charge in [0, 0.05) is 19.2 Å². The van der Waals surface area contributed by atoms with Crippen molar-refractivity contribution in [2.45, 2.75) is 19.4 Å². The lowest BCUT2D eigenvalue weighted by Gasteiger charge is -2.24. The van der Waals surface area contributed by atoms with Crippen LogP contribution in [0.1, 0.15) is 23.7 Å². The van der Waals surface area contributed by atoms with Crippen molar-refractivity contribution in [3.63, 3.8) is 0 Å². The van der Waals surface area contributed by atoms with Gasteiger partial charge < -0.3 is 14.4 Å². The number of methoxy groups -OCH3 is 2. The van der Waals surface area contributed by atoms with E-state index in [0.717, 1.165) is 0 Å². The lowest BCUT2D eigenvalue weighted by molar-refractivity contribution is 0.0743. The van der Waals surface area contributed by atoms with E-state index >= 15 is 0 Å². The highest BCUT2D eigenvalue weighted by Gasteiger charge is 2.20. The van der Waals surface area contributed by atoms with Crippen LogP contribution < -0.4 is 9.47 Å². The van der Waals surface area contributed by atoms with Crippen LogP contribution in [0.15, 0.2) is 18.2 Å². The Morgan fingerprint density at radius 2 is 2.11 bits per heavy atom. The summed E-state index contributed by atoms with van der Waals surface area (Å²) >= 11 is 0. The maximum atomic E-state index is 12.3. The van der Waals surface area contributed by atoms with Crippen LogP contribution in [0.4, 0.5) is 0 Å². The average Bonchev–Trinajstić information content (AvgIpc) is 2.45. The van der Waals surface area contributed by atoms with E-state index < -0.39 is 0 Å². The van der Waals surface area contributed by atoms with Crippen molar-refractivity contribution in [1.29, 1.82) is 5.26 Å². The molecule has 0 saturated carbocycles. The topological polar surface area (TPSA) is 62.6 Å². The summed E-state index contributed by atoms with van der Waals surface area (Å²) in [5.74, 6) is 0.906. The van der Waals surface area contributed by atoms with Gasteiger partial charge in [-0.2, -0.15) is 5.26 Å². The van der Waals surface area contributed by atoms with Crippen molar-refractivity contribution in [2.24, 2.45) is 0 Å². The van der Waals surface area contributed by atoms with Crippen LogP contribution in [0.5, 0.6) is 11.5 Å². The van der Waals surface area contributed by atoms with E-state index in [1.807, 2.05) is 6.92 Å². The molecule has 0 spiro atoms. The number of rotatable bonds is 5. The molecular formula is C14H18N2O3. The standard InChI is InChI=1S/C14H18N2O3/c1-10(7-8-15)16(2)14(17)12-6-5-11(18-3)9-13(12)19-4/h5-6,9-10H,7H2,1-4H3. The lowest BCUT2D eigenvalue weighted by atomic mass is 10.1. The Bertz CT molecular complexity index is 494. The minimum Gasteiger partial charge on any atom is -0.497 e. The van der Waals surface area contributed by atoms with Gasteiger partial charge in [0.05, 0.1) is 32.3 Å². The normalized spacial score (nSPS) is 11.3. The summed E-state index contributed by atoms with van der Waals surface area (Å²) in [6.45, 7) is 1.83. The number of carbonyl (C=O) groups is 1. The van der Waals surface area contributed by atoms with Gasteiger partial charge in [0.1, 0.15) is 11.5 Å². The van der Waals surface area contributed by atoms with Crippen molar-refractivity contribution < 1.29 is 14.3 Å². The number of nitrogens with zero attached hydrogens (tertiary/aromatic N) is 2. The fourth-order valence-electron chi connectivity index (χ4n) is 1.63. The van der Waals surface area contributed by atoms with Gasteiger partial charge in [-0.05, 0) is 19.1 Å². The van der Waals surface area contributed by atoms with Gasteiger partial charge in [-0.15, -0.1) is 0 Å². The maximum absolute atomic E-state index is 12.3. The molecule has 0 N–H and O–H groups in total. The lowest BCUT2D eigenvalue weighted by Crippen LogP contribution is -2.35. The van der Waals surface area contributed by atoms with Crippen LogP contribution in [-0.4, -0.2) is 38.1 Å². The third-order valence-electron chi connectivity index (χ3n) is 3.01. The average molecular weight is 262 g/mol. The minimum atomic E-state index is -0.178. The first-order chi connectivity index (χ1) is 9.04. The Kier molecular flexibility index (Phi) is 5.19. The summed E-state index contributed by atoms with van der Waals surface area (Å²) in [4.78, 5) is 13.9. The van der Waals surface area contributed by atoms with Crippen molar-refractivity contribution in [3.05, 3.63) is 23.8 Å². The summed E-state index contributed by atoms with van der Waals surface area (Å²) in [7, 11) is 4.73. The molecule has 1 aromatic carbocycles. The molecule has 0 heterocycles. The van der Waals surface area contributed by atoms with Gasteiger partial charge in [0.15, 0.2) is 0 Å². The largest absolute Gasteiger partial charge is 0.497 e. The molecule has 102 valence electrons. The zero-order chi connectivity index (χ0) is 14.4. The monoisotopic (exact) mass is 262 g/mol. The maximum Gasteiger partial charge on any atom is 0.257 e. The molecule has 0 aliphatic heterocycles. The highest BCUT2D eigenvalue weighted by atomic mass is 16.5. The number of amides is 1. The van der Waals surface area contributed by atoms with Gasteiger partial charge in [-0.25, -0.2) is 0 Å².